The molecule has 0 spiro atoms. The summed E-state index contributed by atoms with van der Waals surface area (Å²) in [6.45, 7) is 7.02. The molecule has 2 heterocycles. The van der Waals surface area contributed by atoms with Gasteiger partial charge in [-0.1, -0.05) is 12.1 Å². The maximum absolute atomic E-state index is 12.0. The molecule has 8 nitrogen and oxygen atoms in total. The Morgan fingerprint density at radius 1 is 0.862 bits per heavy atom. The van der Waals surface area contributed by atoms with Crippen LogP contribution < -0.4 is 21.3 Å². The Kier molecular flexibility index (Phi) is 6.57. The normalized spacial score (nSPS) is 10.3. The predicted molar refractivity (Wildman–Crippen MR) is 116 cm³/mol. The number of aryl methyl sites for hydroxylation is 3. The van der Waals surface area contributed by atoms with E-state index in [4.69, 9.17) is 0 Å². The molecule has 3 rings (SSSR count). The third kappa shape index (κ3) is 6.17. The van der Waals surface area contributed by atoms with E-state index in [-0.39, 0.29) is 6.03 Å². The van der Waals surface area contributed by atoms with E-state index in [9.17, 15) is 4.79 Å². The van der Waals surface area contributed by atoms with Crippen LogP contribution in [0.3, 0.4) is 0 Å². The molecule has 0 aliphatic heterocycles. The number of nitrogens with zero attached hydrogens (tertiary/aromatic N) is 3. The third-order valence-corrected chi connectivity index (χ3v) is 4.31. The van der Waals surface area contributed by atoms with Crippen LogP contribution in [0, 0.1) is 20.8 Å². The van der Waals surface area contributed by atoms with Crippen molar-refractivity contribution in [3.05, 3.63) is 65.4 Å². The molecule has 0 radical (unpaired) electrons. The van der Waals surface area contributed by atoms with Gasteiger partial charge in [-0.3, -0.25) is 0 Å². The topological polar surface area (TPSA) is 104 Å². The second-order valence-corrected chi connectivity index (χ2v) is 6.76. The summed E-state index contributed by atoms with van der Waals surface area (Å²) >= 11 is 0. The van der Waals surface area contributed by atoms with Crippen molar-refractivity contribution in [1.82, 2.24) is 20.5 Å². The predicted octanol–water partition coefficient (Wildman–Crippen LogP) is 3.77. The molecule has 0 atom stereocenters. The van der Waals surface area contributed by atoms with Gasteiger partial charge in [0, 0.05) is 25.0 Å². The van der Waals surface area contributed by atoms with Gasteiger partial charge in [-0.05, 0) is 67.8 Å². The highest BCUT2D eigenvalue weighted by molar-refractivity contribution is 5.89. The first-order valence-electron chi connectivity index (χ1n) is 9.39. The molecular formula is C21H25N7O. The van der Waals surface area contributed by atoms with Crippen molar-refractivity contribution in [3.8, 4) is 0 Å². The molecular weight excluding hydrogens is 366 g/mol. The summed E-state index contributed by atoms with van der Waals surface area (Å²) < 4.78 is 0. The first-order valence-corrected chi connectivity index (χ1v) is 9.39. The summed E-state index contributed by atoms with van der Waals surface area (Å²) in [6.07, 6.45) is 1.79. The molecule has 0 aliphatic carbocycles. The summed E-state index contributed by atoms with van der Waals surface area (Å²) in [7, 11) is 0. The van der Waals surface area contributed by atoms with Crippen LogP contribution in [-0.2, 0) is 0 Å². The molecule has 4 N–H and O–H groups in total. The Balaban J connectivity index is 1.39. The number of carbonyl (C=O) groups excluding carboxylic acids is 1. The van der Waals surface area contributed by atoms with Crippen molar-refractivity contribution in [2.45, 2.75) is 20.8 Å². The lowest BCUT2D eigenvalue weighted by atomic mass is 10.1. The average Bonchev–Trinajstić information content (AvgIpc) is 2.71. The molecule has 150 valence electrons. The van der Waals surface area contributed by atoms with Crippen LogP contribution >= 0.6 is 0 Å². The molecule has 0 fully saturated rings. The summed E-state index contributed by atoms with van der Waals surface area (Å²) in [4.78, 5) is 16.2. The van der Waals surface area contributed by atoms with Crippen molar-refractivity contribution >= 4 is 29.2 Å². The van der Waals surface area contributed by atoms with Crippen molar-refractivity contribution in [3.63, 3.8) is 0 Å². The first-order chi connectivity index (χ1) is 14.0. The molecule has 8 heteroatoms. The summed E-state index contributed by atoms with van der Waals surface area (Å²) in [5, 5.41) is 20.1. The number of urea groups is 1. The van der Waals surface area contributed by atoms with E-state index in [0.29, 0.717) is 30.5 Å². The largest absolute Gasteiger partial charge is 0.367 e. The monoisotopic (exact) mass is 391 g/mol. The maximum Gasteiger partial charge on any atom is 0.319 e. The maximum atomic E-state index is 12.0. The van der Waals surface area contributed by atoms with Crippen molar-refractivity contribution in [2.24, 2.45) is 0 Å². The number of hydrogen-bond acceptors (Lipinski definition) is 6. The zero-order chi connectivity index (χ0) is 20.6. The van der Waals surface area contributed by atoms with E-state index in [2.05, 4.69) is 36.4 Å². The van der Waals surface area contributed by atoms with Gasteiger partial charge >= 0.3 is 6.03 Å². The number of rotatable bonds is 7. The summed E-state index contributed by atoms with van der Waals surface area (Å²) in [5.41, 5.74) is 4.20. The number of aromatic nitrogens is 3. The van der Waals surface area contributed by atoms with Crippen LogP contribution in [0.25, 0.3) is 0 Å². The van der Waals surface area contributed by atoms with E-state index in [0.717, 1.165) is 16.8 Å². The average molecular weight is 391 g/mol. The van der Waals surface area contributed by atoms with Crippen molar-refractivity contribution < 1.29 is 4.79 Å². The Morgan fingerprint density at radius 3 is 2.31 bits per heavy atom. The fraction of sp³-hybridized carbons (Fsp3) is 0.238. The quantitative estimate of drug-likeness (QED) is 0.457. The number of benzene rings is 1. The van der Waals surface area contributed by atoms with Gasteiger partial charge in [0.25, 0.3) is 0 Å². The summed E-state index contributed by atoms with van der Waals surface area (Å²) in [5.74, 6) is 1.95. The van der Waals surface area contributed by atoms with E-state index in [1.807, 2.05) is 63.2 Å². The number of pyridine rings is 1. The summed E-state index contributed by atoms with van der Waals surface area (Å²) in [6, 6.07) is 13.1. The highest BCUT2D eigenvalue weighted by Gasteiger charge is 2.03. The van der Waals surface area contributed by atoms with Crippen molar-refractivity contribution in [2.75, 3.05) is 29.0 Å². The van der Waals surface area contributed by atoms with E-state index >= 15 is 0 Å². The lowest BCUT2D eigenvalue weighted by Crippen LogP contribution is -2.32. The van der Waals surface area contributed by atoms with E-state index in [1.165, 1.54) is 5.56 Å². The smallest absolute Gasteiger partial charge is 0.319 e. The number of carbonyl (C=O) groups is 1. The van der Waals surface area contributed by atoms with Crippen LogP contribution in [0.4, 0.5) is 27.9 Å². The zero-order valence-electron chi connectivity index (χ0n) is 16.8. The SMILES string of the molecule is Cc1ccc(Nc2ccc(NCCNC(=O)Nc3ccc(C)c(C)c3)nn2)nc1. The minimum absolute atomic E-state index is 0.244. The highest BCUT2D eigenvalue weighted by Crippen LogP contribution is 2.14. The minimum atomic E-state index is -0.244. The highest BCUT2D eigenvalue weighted by atomic mass is 16.2. The van der Waals surface area contributed by atoms with Crippen LogP contribution in [0.15, 0.2) is 48.7 Å². The Labute approximate surface area is 170 Å². The minimum Gasteiger partial charge on any atom is -0.367 e. The molecule has 1 aromatic carbocycles. The van der Waals surface area contributed by atoms with Crippen molar-refractivity contribution in [1.29, 1.82) is 0 Å². The van der Waals surface area contributed by atoms with Gasteiger partial charge in [0.2, 0.25) is 0 Å². The number of nitrogens with one attached hydrogen (secondary N) is 4. The molecule has 3 aromatic rings. The molecule has 0 saturated heterocycles. The van der Waals surface area contributed by atoms with E-state index < -0.39 is 0 Å². The molecule has 2 aromatic heterocycles. The van der Waals surface area contributed by atoms with Gasteiger partial charge < -0.3 is 21.3 Å². The Hall–Kier alpha value is -3.68. The van der Waals surface area contributed by atoms with Crippen LogP contribution in [0.2, 0.25) is 0 Å². The molecule has 0 saturated carbocycles. The third-order valence-electron chi connectivity index (χ3n) is 4.31. The Bertz CT molecular complexity index is 956. The second-order valence-electron chi connectivity index (χ2n) is 6.76. The van der Waals surface area contributed by atoms with Gasteiger partial charge in [-0.2, -0.15) is 0 Å². The molecule has 0 aliphatic rings. The molecule has 0 bridgehead atoms. The fourth-order valence-electron chi connectivity index (χ4n) is 2.53. The Morgan fingerprint density at radius 2 is 1.62 bits per heavy atom. The number of anilines is 4. The van der Waals surface area contributed by atoms with E-state index in [1.54, 1.807) is 6.20 Å². The lowest BCUT2D eigenvalue weighted by molar-refractivity contribution is 0.252. The van der Waals surface area contributed by atoms with Gasteiger partial charge in [0.1, 0.15) is 11.6 Å². The van der Waals surface area contributed by atoms with Crippen LogP contribution in [-0.4, -0.2) is 34.3 Å². The first kappa shape index (κ1) is 20.1. The van der Waals surface area contributed by atoms with Crippen LogP contribution in [0.1, 0.15) is 16.7 Å². The van der Waals surface area contributed by atoms with Gasteiger partial charge in [-0.15, -0.1) is 10.2 Å². The van der Waals surface area contributed by atoms with Gasteiger partial charge in [0.15, 0.2) is 5.82 Å². The molecule has 29 heavy (non-hydrogen) atoms. The zero-order valence-corrected chi connectivity index (χ0v) is 16.8. The number of amides is 2. The number of hydrogen-bond donors (Lipinski definition) is 4. The lowest BCUT2D eigenvalue weighted by Gasteiger charge is -2.10. The second kappa shape index (κ2) is 9.50. The van der Waals surface area contributed by atoms with Gasteiger partial charge in [0.05, 0.1) is 0 Å². The fourth-order valence-corrected chi connectivity index (χ4v) is 2.53. The molecule has 2 amide bonds. The van der Waals surface area contributed by atoms with Crippen LogP contribution in [0.5, 0.6) is 0 Å². The molecule has 0 unspecified atom stereocenters. The standard InChI is InChI=1S/C21H25N7O/c1-14-4-7-18(24-13-14)26-20-9-8-19(27-28-20)22-10-11-23-21(29)25-17-6-5-15(2)16(3)12-17/h4-9,12-13H,10-11H2,1-3H3,(H,22,27)(H2,23,25,29)(H,24,26,28). The van der Waals surface area contributed by atoms with Gasteiger partial charge in [-0.25, -0.2) is 9.78 Å².